The van der Waals surface area contributed by atoms with E-state index >= 15 is 0 Å². The topological polar surface area (TPSA) is 111 Å². The second kappa shape index (κ2) is 7.63. The average Bonchev–Trinajstić information content (AvgIpc) is 3.34. The van der Waals surface area contributed by atoms with Crippen LogP contribution >= 0.6 is 0 Å². The van der Waals surface area contributed by atoms with E-state index < -0.39 is 10.8 Å². The SMILES string of the molecule is O=C(C=Cc1cc2c(cc1[N+](=O)[O-])OCO2)Nc1ccccc1N1CCCC1=O. The second-order valence-electron chi connectivity index (χ2n) is 6.51. The van der Waals surface area contributed by atoms with Gasteiger partial charge in [-0.3, -0.25) is 19.7 Å². The number of carbonyl (C=O) groups is 2. The number of nitro benzene ring substituents is 1. The Morgan fingerprint density at radius 3 is 2.69 bits per heavy atom. The summed E-state index contributed by atoms with van der Waals surface area (Å²) in [4.78, 5) is 36.9. The number of ether oxygens (including phenoxy) is 2. The molecule has 4 rings (SSSR count). The Morgan fingerprint density at radius 1 is 1.21 bits per heavy atom. The van der Waals surface area contributed by atoms with E-state index in [4.69, 9.17) is 9.47 Å². The lowest BCUT2D eigenvalue weighted by Crippen LogP contribution is -2.25. The van der Waals surface area contributed by atoms with Gasteiger partial charge in [0.25, 0.3) is 5.69 Å². The summed E-state index contributed by atoms with van der Waals surface area (Å²) in [7, 11) is 0. The number of anilines is 2. The molecule has 0 unspecified atom stereocenters. The van der Waals surface area contributed by atoms with E-state index in [1.165, 1.54) is 24.3 Å². The third-order valence-electron chi connectivity index (χ3n) is 4.66. The van der Waals surface area contributed by atoms with Crippen LogP contribution in [-0.4, -0.2) is 30.1 Å². The first-order valence-corrected chi connectivity index (χ1v) is 8.99. The van der Waals surface area contributed by atoms with Crippen molar-refractivity contribution in [3.8, 4) is 11.5 Å². The number of hydrogen-bond acceptors (Lipinski definition) is 6. The van der Waals surface area contributed by atoms with Crippen LogP contribution in [0.1, 0.15) is 18.4 Å². The quantitative estimate of drug-likeness (QED) is 0.473. The molecule has 2 heterocycles. The van der Waals surface area contributed by atoms with Gasteiger partial charge in [0.15, 0.2) is 11.5 Å². The Balaban J connectivity index is 1.55. The molecule has 0 atom stereocenters. The van der Waals surface area contributed by atoms with Gasteiger partial charge in [-0.2, -0.15) is 0 Å². The van der Waals surface area contributed by atoms with Gasteiger partial charge in [-0.1, -0.05) is 12.1 Å². The highest BCUT2D eigenvalue weighted by atomic mass is 16.7. The molecule has 1 N–H and O–H groups in total. The van der Waals surface area contributed by atoms with Crippen molar-refractivity contribution in [3.63, 3.8) is 0 Å². The van der Waals surface area contributed by atoms with E-state index in [0.717, 1.165) is 6.42 Å². The van der Waals surface area contributed by atoms with Gasteiger partial charge in [-0.25, -0.2) is 0 Å². The molecule has 9 nitrogen and oxygen atoms in total. The predicted octanol–water partition coefficient (Wildman–Crippen LogP) is 3.10. The summed E-state index contributed by atoms with van der Waals surface area (Å²) < 4.78 is 10.4. The van der Waals surface area contributed by atoms with Gasteiger partial charge in [0.05, 0.1) is 27.9 Å². The fourth-order valence-electron chi connectivity index (χ4n) is 3.30. The van der Waals surface area contributed by atoms with Crippen molar-refractivity contribution >= 4 is 35.0 Å². The number of rotatable bonds is 5. The third-order valence-corrected chi connectivity index (χ3v) is 4.66. The molecule has 0 aromatic heterocycles. The van der Waals surface area contributed by atoms with Gasteiger partial charge < -0.3 is 19.7 Å². The highest BCUT2D eigenvalue weighted by molar-refractivity contribution is 6.06. The zero-order chi connectivity index (χ0) is 20.4. The van der Waals surface area contributed by atoms with Crippen LogP contribution in [0, 0.1) is 10.1 Å². The van der Waals surface area contributed by atoms with E-state index in [2.05, 4.69) is 5.32 Å². The van der Waals surface area contributed by atoms with E-state index in [1.807, 2.05) is 0 Å². The maximum Gasteiger partial charge on any atom is 0.280 e. The van der Waals surface area contributed by atoms with Crippen LogP contribution in [0.2, 0.25) is 0 Å². The molecule has 2 amide bonds. The molecule has 0 spiro atoms. The Hall–Kier alpha value is -3.88. The molecule has 9 heteroatoms. The van der Waals surface area contributed by atoms with Crippen molar-refractivity contribution in [2.75, 3.05) is 23.6 Å². The Labute approximate surface area is 165 Å². The molecule has 1 fully saturated rings. The van der Waals surface area contributed by atoms with Gasteiger partial charge in [0.1, 0.15) is 0 Å². The highest BCUT2D eigenvalue weighted by Gasteiger charge is 2.24. The maximum atomic E-state index is 12.4. The first-order valence-electron chi connectivity index (χ1n) is 8.99. The summed E-state index contributed by atoms with van der Waals surface area (Å²) >= 11 is 0. The van der Waals surface area contributed by atoms with Crippen LogP contribution in [-0.2, 0) is 9.59 Å². The van der Waals surface area contributed by atoms with Crippen molar-refractivity contribution in [2.45, 2.75) is 12.8 Å². The molecule has 148 valence electrons. The first-order chi connectivity index (χ1) is 14.0. The molecule has 29 heavy (non-hydrogen) atoms. The Kier molecular flexibility index (Phi) is 4.86. The number of benzene rings is 2. The summed E-state index contributed by atoms with van der Waals surface area (Å²) in [5.74, 6) is 0.213. The van der Waals surface area contributed by atoms with Gasteiger partial charge in [-0.05, 0) is 30.7 Å². The average molecular weight is 395 g/mol. The number of nitrogens with one attached hydrogen (secondary N) is 1. The van der Waals surface area contributed by atoms with Gasteiger partial charge >= 0.3 is 0 Å². The minimum absolute atomic E-state index is 0.00779. The molecule has 2 aliphatic heterocycles. The van der Waals surface area contributed by atoms with Crippen molar-refractivity contribution in [2.24, 2.45) is 0 Å². The minimum atomic E-state index is -0.548. The lowest BCUT2D eigenvalue weighted by Gasteiger charge is -2.19. The van der Waals surface area contributed by atoms with E-state index in [-0.39, 0.29) is 24.0 Å². The normalized spacial score (nSPS) is 15.2. The van der Waals surface area contributed by atoms with Gasteiger partial charge in [0, 0.05) is 19.0 Å². The maximum absolute atomic E-state index is 12.4. The summed E-state index contributed by atoms with van der Waals surface area (Å²) in [6.45, 7) is 0.594. The van der Waals surface area contributed by atoms with Crippen LogP contribution in [0.15, 0.2) is 42.5 Å². The Morgan fingerprint density at radius 2 is 1.97 bits per heavy atom. The molecule has 2 aromatic carbocycles. The third kappa shape index (κ3) is 3.75. The molecule has 0 aliphatic carbocycles. The summed E-state index contributed by atoms with van der Waals surface area (Å²) in [5, 5.41) is 14.1. The standard InChI is InChI=1S/C20H17N3O6/c24-19(21-14-4-1-2-5-15(14)22-9-3-6-20(22)25)8-7-13-10-17-18(29-12-28-17)11-16(13)23(26)27/h1-2,4-5,7-8,10-11H,3,6,9,12H2,(H,21,24). The van der Waals surface area contributed by atoms with Crippen molar-refractivity contribution < 1.29 is 24.0 Å². The Bertz CT molecular complexity index is 1030. The van der Waals surface area contributed by atoms with Crippen molar-refractivity contribution in [3.05, 3.63) is 58.2 Å². The van der Waals surface area contributed by atoms with Gasteiger partial charge in [0.2, 0.25) is 18.6 Å². The predicted molar refractivity (Wildman–Crippen MR) is 105 cm³/mol. The molecular weight excluding hydrogens is 378 g/mol. The highest BCUT2D eigenvalue weighted by Crippen LogP contribution is 2.38. The van der Waals surface area contributed by atoms with E-state index in [9.17, 15) is 19.7 Å². The molecule has 2 aromatic rings. The number of para-hydroxylation sites is 2. The van der Waals surface area contributed by atoms with E-state index in [1.54, 1.807) is 29.2 Å². The lowest BCUT2D eigenvalue weighted by molar-refractivity contribution is -0.385. The van der Waals surface area contributed by atoms with Crippen LogP contribution in [0.3, 0.4) is 0 Å². The number of hydrogen-bond donors (Lipinski definition) is 1. The molecule has 0 radical (unpaired) electrons. The fraction of sp³-hybridized carbons (Fsp3) is 0.200. The zero-order valence-electron chi connectivity index (χ0n) is 15.3. The minimum Gasteiger partial charge on any atom is -0.454 e. The van der Waals surface area contributed by atoms with Crippen LogP contribution < -0.4 is 19.7 Å². The van der Waals surface area contributed by atoms with Crippen LogP contribution in [0.4, 0.5) is 17.1 Å². The van der Waals surface area contributed by atoms with Crippen molar-refractivity contribution in [1.82, 2.24) is 0 Å². The first kappa shape index (κ1) is 18.5. The fourth-order valence-corrected chi connectivity index (χ4v) is 3.30. The van der Waals surface area contributed by atoms with Gasteiger partial charge in [-0.15, -0.1) is 0 Å². The lowest BCUT2D eigenvalue weighted by atomic mass is 10.1. The molecule has 0 bridgehead atoms. The van der Waals surface area contributed by atoms with E-state index in [0.29, 0.717) is 35.8 Å². The van der Waals surface area contributed by atoms with Crippen molar-refractivity contribution in [1.29, 1.82) is 0 Å². The van der Waals surface area contributed by atoms with Crippen LogP contribution in [0.5, 0.6) is 11.5 Å². The number of nitro groups is 1. The number of fused-ring (bicyclic) bond motifs is 1. The smallest absolute Gasteiger partial charge is 0.280 e. The second-order valence-corrected chi connectivity index (χ2v) is 6.51. The molecule has 1 saturated heterocycles. The number of amides is 2. The summed E-state index contributed by atoms with van der Waals surface area (Å²) in [5.41, 5.74) is 1.15. The van der Waals surface area contributed by atoms with Crippen LogP contribution in [0.25, 0.3) is 6.08 Å². The number of carbonyl (C=O) groups excluding carboxylic acids is 2. The molecule has 2 aliphatic rings. The largest absolute Gasteiger partial charge is 0.454 e. The number of nitrogens with zero attached hydrogens (tertiary/aromatic N) is 2. The summed E-state index contributed by atoms with van der Waals surface area (Å²) in [6, 6.07) is 9.75. The zero-order valence-corrected chi connectivity index (χ0v) is 15.3. The molecule has 0 saturated carbocycles. The monoisotopic (exact) mass is 395 g/mol. The summed E-state index contributed by atoms with van der Waals surface area (Å²) in [6.07, 6.45) is 3.80. The molecular formula is C20H17N3O6.